The summed E-state index contributed by atoms with van der Waals surface area (Å²) in [6.45, 7) is 0. The predicted molar refractivity (Wildman–Crippen MR) is 68.4 cm³/mol. The molecule has 0 saturated heterocycles. The van der Waals surface area contributed by atoms with Gasteiger partial charge in [-0.1, -0.05) is 12.1 Å². The van der Waals surface area contributed by atoms with E-state index in [2.05, 4.69) is 15.9 Å². The topological polar surface area (TPSA) is 26.3 Å². The van der Waals surface area contributed by atoms with Crippen LogP contribution in [0.25, 0.3) is 0 Å². The van der Waals surface area contributed by atoms with Crippen molar-refractivity contribution in [3.8, 4) is 5.75 Å². The Kier molecular flexibility index (Phi) is 3.41. The Labute approximate surface area is 106 Å². The number of carbonyl (C=O) groups is 1. The van der Waals surface area contributed by atoms with E-state index in [9.17, 15) is 4.79 Å². The minimum absolute atomic E-state index is 0.0228. The first kappa shape index (κ1) is 11.4. The lowest BCUT2D eigenvalue weighted by Crippen LogP contribution is -1.98. The van der Waals surface area contributed by atoms with Crippen LogP contribution in [0, 0.1) is 0 Å². The van der Waals surface area contributed by atoms with Crippen molar-refractivity contribution in [1.29, 1.82) is 0 Å². The van der Waals surface area contributed by atoms with E-state index < -0.39 is 0 Å². The van der Waals surface area contributed by atoms with E-state index in [4.69, 9.17) is 4.74 Å². The van der Waals surface area contributed by atoms with E-state index in [1.165, 1.54) is 11.3 Å². The summed E-state index contributed by atoms with van der Waals surface area (Å²) in [6.07, 6.45) is 0. The SMILES string of the molecule is COc1cccc(C(=O)c2ccc(Br)s2)c1. The number of methoxy groups -OCH3 is 1. The quantitative estimate of drug-likeness (QED) is 0.807. The summed E-state index contributed by atoms with van der Waals surface area (Å²) < 4.78 is 6.05. The number of carbonyl (C=O) groups excluding carboxylic acids is 1. The lowest BCUT2D eigenvalue weighted by atomic mass is 10.1. The van der Waals surface area contributed by atoms with Gasteiger partial charge < -0.3 is 4.74 Å². The molecule has 2 rings (SSSR count). The zero-order chi connectivity index (χ0) is 11.5. The third kappa shape index (κ3) is 2.33. The first-order chi connectivity index (χ1) is 7.70. The Hall–Kier alpha value is -1.13. The summed E-state index contributed by atoms with van der Waals surface area (Å²) in [5, 5.41) is 0. The van der Waals surface area contributed by atoms with E-state index >= 15 is 0 Å². The molecule has 0 aliphatic rings. The fourth-order valence-corrected chi connectivity index (χ4v) is 2.69. The maximum atomic E-state index is 12.1. The van der Waals surface area contributed by atoms with Gasteiger partial charge in [-0.05, 0) is 40.2 Å². The molecule has 2 nitrogen and oxygen atoms in total. The van der Waals surface area contributed by atoms with Crippen molar-refractivity contribution in [2.24, 2.45) is 0 Å². The standard InChI is InChI=1S/C12H9BrO2S/c1-15-9-4-2-3-8(7-9)12(14)10-5-6-11(13)16-10/h2-7H,1H3. The predicted octanol–water partition coefficient (Wildman–Crippen LogP) is 3.75. The monoisotopic (exact) mass is 296 g/mol. The van der Waals surface area contributed by atoms with Crippen LogP contribution < -0.4 is 4.74 Å². The lowest BCUT2D eigenvalue weighted by molar-refractivity contribution is 0.104. The first-order valence-electron chi connectivity index (χ1n) is 4.65. The van der Waals surface area contributed by atoms with Gasteiger partial charge >= 0.3 is 0 Å². The Morgan fingerprint density at radius 2 is 2.12 bits per heavy atom. The molecule has 82 valence electrons. The Balaban J connectivity index is 2.33. The zero-order valence-electron chi connectivity index (χ0n) is 8.57. The highest BCUT2D eigenvalue weighted by Gasteiger charge is 2.11. The highest BCUT2D eigenvalue weighted by Crippen LogP contribution is 2.25. The van der Waals surface area contributed by atoms with E-state index in [0.29, 0.717) is 11.3 Å². The van der Waals surface area contributed by atoms with Gasteiger partial charge in [0.1, 0.15) is 5.75 Å². The van der Waals surface area contributed by atoms with E-state index in [0.717, 1.165) is 8.66 Å². The maximum absolute atomic E-state index is 12.1. The van der Waals surface area contributed by atoms with Gasteiger partial charge in [-0.25, -0.2) is 0 Å². The molecule has 0 amide bonds. The van der Waals surface area contributed by atoms with Crippen LogP contribution in [0.1, 0.15) is 15.2 Å². The highest BCUT2D eigenvalue weighted by molar-refractivity contribution is 9.11. The van der Waals surface area contributed by atoms with Crippen LogP contribution in [-0.2, 0) is 0 Å². The molecule has 0 N–H and O–H groups in total. The van der Waals surface area contributed by atoms with Gasteiger partial charge in [0, 0.05) is 5.56 Å². The second-order valence-corrected chi connectivity index (χ2v) is 5.63. The van der Waals surface area contributed by atoms with Crippen LogP contribution in [0.5, 0.6) is 5.75 Å². The molecule has 0 radical (unpaired) electrons. The van der Waals surface area contributed by atoms with Crippen molar-refractivity contribution >= 4 is 33.0 Å². The third-order valence-corrected chi connectivity index (χ3v) is 3.75. The summed E-state index contributed by atoms with van der Waals surface area (Å²) in [5.41, 5.74) is 0.647. The number of hydrogen-bond donors (Lipinski definition) is 0. The summed E-state index contributed by atoms with van der Waals surface area (Å²) >= 11 is 4.77. The molecule has 0 aliphatic carbocycles. The van der Waals surface area contributed by atoms with E-state index in [1.807, 2.05) is 24.3 Å². The van der Waals surface area contributed by atoms with Gasteiger partial charge in [-0.2, -0.15) is 0 Å². The molecule has 0 unspecified atom stereocenters. The summed E-state index contributed by atoms with van der Waals surface area (Å²) in [7, 11) is 1.59. The molecule has 1 aromatic heterocycles. The number of rotatable bonds is 3. The summed E-state index contributed by atoms with van der Waals surface area (Å²) in [6, 6.07) is 10.9. The van der Waals surface area contributed by atoms with Crippen molar-refractivity contribution in [3.05, 3.63) is 50.6 Å². The highest BCUT2D eigenvalue weighted by atomic mass is 79.9. The number of benzene rings is 1. The van der Waals surface area contributed by atoms with Crippen LogP contribution >= 0.6 is 27.3 Å². The molecule has 1 aromatic carbocycles. The number of halogens is 1. The van der Waals surface area contributed by atoms with Gasteiger partial charge in [0.15, 0.2) is 0 Å². The first-order valence-corrected chi connectivity index (χ1v) is 6.26. The van der Waals surface area contributed by atoms with Crippen LogP contribution in [-0.4, -0.2) is 12.9 Å². The number of thiophene rings is 1. The fraction of sp³-hybridized carbons (Fsp3) is 0.0833. The number of hydrogen-bond acceptors (Lipinski definition) is 3. The molecule has 2 aromatic rings. The molecule has 0 saturated carbocycles. The minimum Gasteiger partial charge on any atom is -0.497 e. The van der Waals surface area contributed by atoms with Crippen LogP contribution in [0.3, 0.4) is 0 Å². The van der Waals surface area contributed by atoms with E-state index in [1.54, 1.807) is 19.2 Å². The van der Waals surface area contributed by atoms with Crippen molar-refractivity contribution in [2.45, 2.75) is 0 Å². The Morgan fingerprint density at radius 1 is 1.31 bits per heavy atom. The Morgan fingerprint density at radius 3 is 2.75 bits per heavy atom. The van der Waals surface area contributed by atoms with Crippen LogP contribution in [0.4, 0.5) is 0 Å². The van der Waals surface area contributed by atoms with Gasteiger partial charge in [0.2, 0.25) is 5.78 Å². The van der Waals surface area contributed by atoms with Crippen LogP contribution in [0.15, 0.2) is 40.2 Å². The van der Waals surface area contributed by atoms with Crippen molar-refractivity contribution in [3.63, 3.8) is 0 Å². The fourth-order valence-electron chi connectivity index (χ4n) is 1.34. The summed E-state index contributed by atoms with van der Waals surface area (Å²) in [5.74, 6) is 0.719. The van der Waals surface area contributed by atoms with Crippen molar-refractivity contribution in [2.75, 3.05) is 7.11 Å². The third-order valence-electron chi connectivity index (χ3n) is 2.13. The molecular weight excluding hydrogens is 288 g/mol. The molecule has 0 spiro atoms. The smallest absolute Gasteiger partial charge is 0.203 e. The maximum Gasteiger partial charge on any atom is 0.203 e. The average molecular weight is 297 g/mol. The van der Waals surface area contributed by atoms with Crippen molar-refractivity contribution in [1.82, 2.24) is 0 Å². The van der Waals surface area contributed by atoms with Gasteiger partial charge in [0.25, 0.3) is 0 Å². The summed E-state index contributed by atoms with van der Waals surface area (Å²) in [4.78, 5) is 12.8. The van der Waals surface area contributed by atoms with Gasteiger partial charge in [-0.3, -0.25) is 4.79 Å². The zero-order valence-corrected chi connectivity index (χ0v) is 11.0. The average Bonchev–Trinajstić information content (AvgIpc) is 2.75. The molecule has 0 aliphatic heterocycles. The second kappa shape index (κ2) is 4.80. The molecule has 16 heavy (non-hydrogen) atoms. The normalized spacial score (nSPS) is 10.1. The molecular formula is C12H9BrO2S. The van der Waals surface area contributed by atoms with Crippen LogP contribution in [0.2, 0.25) is 0 Å². The molecule has 0 atom stereocenters. The van der Waals surface area contributed by atoms with Gasteiger partial charge in [-0.15, -0.1) is 11.3 Å². The number of ketones is 1. The second-order valence-electron chi connectivity index (χ2n) is 3.16. The van der Waals surface area contributed by atoms with Gasteiger partial charge in [0.05, 0.1) is 15.8 Å². The molecule has 4 heteroatoms. The van der Waals surface area contributed by atoms with Crippen molar-refractivity contribution < 1.29 is 9.53 Å². The van der Waals surface area contributed by atoms with E-state index in [-0.39, 0.29) is 5.78 Å². The number of ether oxygens (including phenoxy) is 1. The molecule has 1 heterocycles. The molecule has 0 fully saturated rings. The lowest BCUT2D eigenvalue weighted by Gasteiger charge is -2.02. The largest absolute Gasteiger partial charge is 0.497 e. The minimum atomic E-state index is 0.0228. The molecule has 0 bridgehead atoms. The Bertz CT molecular complexity index is 519.